The summed E-state index contributed by atoms with van der Waals surface area (Å²) in [6.45, 7) is 3.91. The van der Waals surface area contributed by atoms with Crippen LogP contribution in [0.25, 0.3) is 0 Å². The van der Waals surface area contributed by atoms with Gasteiger partial charge in [-0.3, -0.25) is 0 Å². The van der Waals surface area contributed by atoms with Gasteiger partial charge >= 0.3 is 0 Å². The van der Waals surface area contributed by atoms with Crippen LogP contribution >= 0.6 is 0 Å². The van der Waals surface area contributed by atoms with Crippen LogP contribution in [0, 0.1) is 5.92 Å². The number of hydrogen-bond acceptors (Lipinski definition) is 3. The highest BCUT2D eigenvalue weighted by Gasteiger charge is 2.19. The molecule has 1 aliphatic rings. The van der Waals surface area contributed by atoms with Crippen LogP contribution in [-0.2, 0) is 9.84 Å². The molecule has 72 valence electrons. The van der Waals surface area contributed by atoms with Crippen molar-refractivity contribution in [2.75, 3.05) is 24.6 Å². The van der Waals surface area contributed by atoms with Crippen LogP contribution in [0.3, 0.4) is 0 Å². The Balaban J connectivity index is 2.20. The third-order valence-electron chi connectivity index (χ3n) is 2.22. The van der Waals surface area contributed by atoms with E-state index in [1.165, 1.54) is 0 Å². The molecule has 1 heterocycles. The van der Waals surface area contributed by atoms with E-state index in [9.17, 15) is 8.42 Å². The van der Waals surface area contributed by atoms with Gasteiger partial charge in [0.2, 0.25) is 0 Å². The summed E-state index contributed by atoms with van der Waals surface area (Å²) >= 11 is 0. The zero-order chi connectivity index (χ0) is 9.03. The van der Waals surface area contributed by atoms with Gasteiger partial charge in [-0.1, -0.05) is 6.92 Å². The molecule has 0 amide bonds. The Morgan fingerprint density at radius 1 is 1.33 bits per heavy atom. The van der Waals surface area contributed by atoms with Crippen molar-refractivity contribution >= 4 is 9.84 Å². The SMILES string of the molecule is CCCS(=O)(=O)CCC1CNC1. The third-order valence-corrected chi connectivity index (χ3v) is 4.11. The van der Waals surface area contributed by atoms with Crippen molar-refractivity contribution < 1.29 is 8.42 Å². The van der Waals surface area contributed by atoms with Crippen molar-refractivity contribution in [3.63, 3.8) is 0 Å². The molecule has 0 bridgehead atoms. The molecule has 3 nitrogen and oxygen atoms in total. The van der Waals surface area contributed by atoms with E-state index in [0.717, 1.165) is 25.9 Å². The van der Waals surface area contributed by atoms with Gasteiger partial charge in [-0.25, -0.2) is 8.42 Å². The predicted octanol–water partition coefficient (Wildman–Crippen LogP) is 0.421. The van der Waals surface area contributed by atoms with Crippen molar-refractivity contribution in [1.29, 1.82) is 0 Å². The summed E-state index contributed by atoms with van der Waals surface area (Å²) in [5.41, 5.74) is 0. The van der Waals surface area contributed by atoms with E-state index in [1.807, 2.05) is 6.92 Å². The van der Waals surface area contributed by atoms with Gasteiger partial charge in [0.25, 0.3) is 0 Å². The lowest BCUT2D eigenvalue weighted by molar-refractivity contribution is 0.339. The number of nitrogens with one attached hydrogen (secondary N) is 1. The maximum atomic E-state index is 11.3. The van der Waals surface area contributed by atoms with Crippen LogP contribution in [0.2, 0.25) is 0 Å². The molecule has 0 aromatic carbocycles. The number of hydrogen-bond donors (Lipinski definition) is 1. The highest BCUT2D eigenvalue weighted by Crippen LogP contribution is 2.10. The van der Waals surface area contributed by atoms with Crippen LogP contribution in [-0.4, -0.2) is 33.0 Å². The highest BCUT2D eigenvalue weighted by atomic mass is 32.2. The van der Waals surface area contributed by atoms with E-state index in [2.05, 4.69) is 5.32 Å². The Kier molecular flexibility index (Phi) is 3.53. The lowest BCUT2D eigenvalue weighted by Gasteiger charge is -2.26. The van der Waals surface area contributed by atoms with Crippen molar-refractivity contribution in [3.8, 4) is 0 Å². The fraction of sp³-hybridized carbons (Fsp3) is 1.00. The Hall–Kier alpha value is -0.0900. The van der Waals surface area contributed by atoms with E-state index in [0.29, 0.717) is 17.4 Å². The van der Waals surface area contributed by atoms with Crippen LogP contribution in [0.4, 0.5) is 0 Å². The van der Waals surface area contributed by atoms with Gasteiger partial charge in [0.05, 0.1) is 5.75 Å². The molecule has 0 aliphatic carbocycles. The van der Waals surface area contributed by atoms with Gasteiger partial charge in [0, 0.05) is 5.75 Å². The van der Waals surface area contributed by atoms with Crippen molar-refractivity contribution in [2.45, 2.75) is 19.8 Å². The molecule has 0 aromatic heterocycles. The molecule has 12 heavy (non-hydrogen) atoms. The maximum Gasteiger partial charge on any atom is 0.150 e. The van der Waals surface area contributed by atoms with Crippen molar-refractivity contribution in [1.82, 2.24) is 5.32 Å². The fourth-order valence-corrected chi connectivity index (χ4v) is 2.83. The zero-order valence-electron chi connectivity index (χ0n) is 7.54. The first-order chi connectivity index (χ1) is 5.64. The van der Waals surface area contributed by atoms with Crippen molar-refractivity contribution in [3.05, 3.63) is 0 Å². The molecule has 4 heteroatoms. The normalized spacial score (nSPS) is 19.1. The molecule has 0 aromatic rings. The van der Waals surface area contributed by atoms with Gasteiger partial charge in [-0.15, -0.1) is 0 Å². The van der Waals surface area contributed by atoms with E-state index < -0.39 is 9.84 Å². The summed E-state index contributed by atoms with van der Waals surface area (Å²) in [5.74, 6) is 1.34. The summed E-state index contributed by atoms with van der Waals surface area (Å²) in [4.78, 5) is 0. The molecule has 0 atom stereocenters. The maximum absolute atomic E-state index is 11.3. The van der Waals surface area contributed by atoms with Gasteiger partial charge in [-0.2, -0.15) is 0 Å². The van der Waals surface area contributed by atoms with Crippen LogP contribution in [0.5, 0.6) is 0 Å². The van der Waals surface area contributed by atoms with E-state index in [4.69, 9.17) is 0 Å². The Morgan fingerprint density at radius 3 is 2.42 bits per heavy atom. The van der Waals surface area contributed by atoms with Gasteiger partial charge < -0.3 is 5.32 Å². The van der Waals surface area contributed by atoms with Crippen molar-refractivity contribution in [2.24, 2.45) is 5.92 Å². The molecule has 0 unspecified atom stereocenters. The number of rotatable bonds is 5. The molecule has 0 radical (unpaired) electrons. The molecular formula is C8H17NO2S. The van der Waals surface area contributed by atoms with Gasteiger partial charge in [-0.05, 0) is 31.8 Å². The standard InChI is InChI=1S/C8H17NO2S/c1-2-4-12(10,11)5-3-8-6-9-7-8/h8-9H,2-7H2,1H3. The second-order valence-electron chi connectivity index (χ2n) is 3.46. The Labute approximate surface area is 74.5 Å². The number of sulfone groups is 1. The zero-order valence-corrected chi connectivity index (χ0v) is 8.36. The third kappa shape index (κ3) is 3.11. The summed E-state index contributed by atoms with van der Waals surface area (Å²) in [7, 11) is -2.73. The summed E-state index contributed by atoms with van der Waals surface area (Å²) in [6.07, 6.45) is 1.58. The summed E-state index contributed by atoms with van der Waals surface area (Å²) in [5, 5.41) is 3.13. The van der Waals surface area contributed by atoms with Gasteiger partial charge in [0.1, 0.15) is 9.84 Å². The lowest BCUT2D eigenvalue weighted by Crippen LogP contribution is -2.42. The predicted molar refractivity (Wildman–Crippen MR) is 49.9 cm³/mol. The highest BCUT2D eigenvalue weighted by molar-refractivity contribution is 7.91. The summed E-state index contributed by atoms with van der Waals surface area (Å²) in [6, 6.07) is 0. The average molecular weight is 191 g/mol. The minimum atomic E-state index is -2.73. The lowest BCUT2D eigenvalue weighted by atomic mass is 10.0. The second-order valence-corrected chi connectivity index (χ2v) is 5.77. The molecular weight excluding hydrogens is 174 g/mol. The first-order valence-corrected chi connectivity index (χ1v) is 6.37. The molecule has 1 fully saturated rings. The molecule has 1 rings (SSSR count). The first kappa shape index (κ1) is 9.99. The quantitative estimate of drug-likeness (QED) is 0.685. The van der Waals surface area contributed by atoms with Crippen LogP contribution in [0.15, 0.2) is 0 Å². The largest absolute Gasteiger partial charge is 0.316 e. The van der Waals surface area contributed by atoms with Gasteiger partial charge in [0.15, 0.2) is 0 Å². The topological polar surface area (TPSA) is 46.2 Å². The molecule has 0 spiro atoms. The second kappa shape index (κ2) is 4.23. The molecule has 0 saturated carbocycles. The molecule has 1 aliphatic heterocycles. The smallest absolute Gasteiger partial charge is 0.150 e. The average Bonchev–Trinajstić information content (AvgIpc) is 1.82. The first-order valence-electron chi connectivity index (χ1n) is 4.55. The summed E-state index contributed by atoms with van der Waals surface area (Å²) < 4.78 is 22.5. The monoisotopic (exact) mass is 191 g/mol. The van der Waals surface area contributed by atoms with Crippen LogP contribution < -0.4 is 5.32 Å². The van der Waals surface area contributed by atoms with E-state index >= 15 is 0 Å². The minimum absolute atomic E-state index is 0.354. The Morgan fingerprint density at radius 2 is 2.00 bits per heavy atom. The molecule has 1 N–H and O–H groups in total. The minimum Gasteiger partial charge on any atom is -0.316 e. The van der Waals surface area contributed by atoms with Crippen LogP contribution in [0.1, 0.15) is 19.8 Å². The van der Waals surface area contributed by atoms with E-state index in [1.54, 1.807) is 0 Å². The Bertz CT molecular complexity index is 219. The fourth-order valence-electron chi connectivity index (χ4n) is 1.31. The van der Waals surface area contributed by atoms with E-state index in [-0.39, 0.29) is 0 Å². The molecule has 1 saturated heterocycles.